The first-order chi connectivity index (χ1) is 15.9. The predicted molar refractivity (Wildman–Crippen MR) is 127 cm³/mol. The fourth-order valence-electron chi connectivity index (χ4n) is 3.60. The highest BCUT2D eigenvalue weighted by molar-refractivity contribution is 7.94. The molecule has 1 atom stereocenters. The number of para-hydroxylation sites is 1. The Balaban J connectivity index is 1.57. The Bertz CT molecular complexity index is 1480. The number of rotatable bonds is 8. The summed E-state index contributed by atoms with van der Waals surface area (Å²) in [6, 6.07) is 16.2. The Morgan fingerprint density at radius 3 is 2.48 bits per heavy atom. The van der Waals surface area contributed by atoms with Crippen LogP contribution < -0.4 is 4.72 Å². The molecule has 0 fully saturated rings. The number of carbonyl (C=O) groups is 2. The molecule has 0 aliphatic heterocycles. The average molecular weight is 478 g/mol. The van der Waals surface area contributed by atoms with Crippen molar-refractivity contribution in [1.82, 2.24) is 4.98 Å². The van der Waals surface area contributed by atoms with Crippen LogP contribution in [0, 0.1) is 17.2 Å². The molecule has 2 N–H and O–H groups in total. The minimum Gasteiger partial charge on any atom is -0.360 e. The summed E-state index contributed by atoms with van der Waals surface area (Å²) in [7, 11) is -3.72. The number of thiophene rings is 1. The lowest BCUT2D eigenvalue weighted by Crippen LogP contribution is -2.23. The summed E-state index contributed by atoms with van der Waals surface area (Å²) in [5, 5.41) is 12.0. The molecule has 0 aliphatic carbocycles. The van der Waals surface area contributed by atoms with E-state index >= 15 is 0 Å². The minimum atomic E-state index is -3.72. The molecule has 33 heavy (non-hydrogen) atoms. The number of nitrogens with zero attached hydrogens (tertiary/aromatic N) is 1. The molecule has 4 aromatic rings. The van der Waals surface area contributed by atoms with Crippen LogP contribution in [0.2, 0.25) is 0 Å². The van der Waals surface area contributed by atoms with E-state index in [0.717, 1.165) is 28.8 Å². The van der Waals surface area contributed by atoms with E-state index in [9.17, 15) is 23.3 Å². The van der Waals surface area contributed by atoms with Gasteiger partial charge >= 0.3 is 0 Å². The van der Waals surface area contributed by atoms with Gasteiger partial charge in [-0.1, -0.05) is 31.2 Å². The van der Waals surface area contributed by atoms with Gasteiger partial charge in [-0.25, -0.2) is 8.42 Å². The SMILES string of the molecule is CCc1cccc2c(C(=O)[C@H](C#N)C(=O)c3ccc(NS(=O)(=O)c4cccs4)cc3)c[nH]c12. The van der Waals surface area contributed by atoms with E-state index in [4.69, 9.17) is 0 Å². The van der Waals surface area contributed by atoms with Crippen molar-refractivity contribution in [3.63, 3.8) is 0 Å². The second-order valence-corrected chi connectivity index (χ2v) is 10.2. The van der Waals surface area contributed by atoms with Crippen molar-refractivity contribution >= 4 is 49.5 Å². The summed E-state index contributed by atoms with van der Waals surface area (Å²) in [5.74, 6) is -2.73. The number of H-pyrrole nitrogens is 1. The maximum atomic E-state index is 13.1. The van der Waals surface area contributed by atoms with Crippen LogP contribution in [0.25, 0.3) is 10.9 Å². The third-order valence-electron chi connectivity index (χ3n) is 5.28. The molecule has 0 bridgehead atoms. The number of hydrogen-bond acceptors (Lipinski definition) is 6. The highest BCUT2D eigenvalue weighted by Crippen LogP contribution is 2.26. The number of Topliss-reactive ketones (excluding diaryl/α,β-unsaturated/α-hetero) is 2. The Labute approximate surface area is 194 Å². The highest BCUT2D eigenvalue weighted by atomic mass is 32.2. The first kappa shape index (κ1) is 22.5. The fourth-order valence-corrected chi connectivity index (χ4v) is 5.65. The number of nitriles is 1. The number of fused-ring (bicyclic) bond motifs is 1. The van der Waals surface area contributed by atoms with Gasteiger partial charge in [-0.15, -0.1) is 11.3 Å². The van der Waals surface area contributed by atoms with Crippen LogP contribution in [-0.4, -0.2) is 25.0 Å². The Kier molecular flexibility index (Phi) is 6.14. The number of anilines is 1. The van der Waals surface area contributed by atoms with Crippen LogP contribution in [0.1, 0.15) is 33.2 Å². The van der Waals surface area contributed by atoms with Crippen LogP contribution >= 0.6 is 11.3 Å². The molecule has 4 rings (SSSR count). The summed E-state index contributed by atoms with van der Waals surface area (Å²) in [6.07, 6.45) is 2.31. The van der Waals surface area contributed by atoms with Gasteiger partial charge in [0.1, 0.15) is 4.21 Å². The molecular formula is C24H19N3O4S2. The second kappa shape index (κ2) is 9.02. The van der Waals surface area contributed by atoms with Gasteiger partial charge in [0.2, 0.25) is 0 Å². The normalized spacial score (nSPS) is 12.2. The zero-order valence-corrected chi connectivity index (χ0v) is 19.2. The molecule has 2 heterocycles. The van der Waals surface area contributed by atoms with E-state index in [-0.39, 0.29) is 15.5 Å². The van der Waals surface area contributed by atoms with Crippen molar-refractivity contribution in [2.75, 3.05) is 4.72 Å². The number of aryl methyl sites for hydroxylation is 1. The standard InChI is InChI=1S/C24H19N3O4S2/c1-2-15-5-3-6-18-20(14-26-22(15)18)24(29)19(13-25)23(28)16-8-10-17(11-9-16)27-33(30,31)21-7-4-12-32-21/h3-12,14,19,26-27H,2H2,1H3/t19-/m1/s1. The van der Waals surface area contributed by atoms with Crippen molar-refractivity contribution in [3.05, 3.63) is 82.9 Å². The zero-order valence-electron chi connectivity index (χ0n) is 17.5. The third kappa shape index (κ3) is 4.31. The van der Waals surface area contributed by atoms with E-state index in [2.05, 4.69) is 9.71 Å². The Morgan fingerprint density at radius 1 is 1.09 bits per heavy atom. The van der Waals surface area contributed by atoms with Crippen LogP contribution in [0.4, 0.5) is 5.69 Å². The average Bonchev–Trinajstić information content (AvgIpc) is 3.50. The van der Waals surface area contributed by atoms with E-state index < -0.39 is 27.5 Å². The second-order valence-electron chi connectivity index (χ2n) is 7.30. The first-order valence-corrected chi connectivity index (χ1v) is 12.5. The molecule has 0 aliphatic rings. The molecule has 0 radical (unpaired) electrons. The quantitative estimate of drug-likeness (QED) is 0.279. The van der Waals surface area contributed by atoms with Gasteiger partial charge < -0.3 is 4.98 Å². The molecule has 7 nitrogen and oxygen atoms in total. The Morgan fingerprint density at radius 2 is 1.85 bits per heavy atom. The van der Waals surface area contributed by atoms with Gasteiger partial charge in [-0.05, 0) is 47.7 Å². The lowest BCUT2D eigenvalue weighted by atomic mass is 9.90. The monoisotopic (exact) mass is 477 g/mol. The van der Waals surface area contributed by atoms with Crippen LogP contribution in [-0.2, 0) is 16.4 Å². The largest absolute Gasteiger partial charge is 0.360 e. The lowest BCUT2D eigenvalue weighted by molar-refractivity contribution is 0.0847. The van der Waals surface area contributed by atoms with Crippen LogP contribution in [0.15, 0.2) is 70.4 Å². The van der Waals surface area contributed by atoms with Gasteiger partial charge in [0.25, 0.3) is 10.0 Å². The van der Waals surface area contributed by atoms with Gasteiger partial charge in [-0.2, -0.15) is 5.26 Å². The van der Waals surface area contributed by atoms with E-state index in [1.807, 2.05) is 25.1 Å². The van der Waals surface area contributed by atoms with Gasteiger partial charge in [0, 0.05) is 33.9 Å². The number of ketones is 2. The molecule has 0 unspecified atom stereocenters. The molecule has 0 spiro atoms. The topological polar surface area (TPSA) is 120 Å². The van der Waals surface area contributed by atoms with E-state index in [0.29, 0.717) is 10.9 Å². The maximum Gasteiger partial charge on any atom is 0.271 e. The van der Waals surface area contributed by atoms with Crippen LogP contribution in [0.3, 0.4) is 0 Å². The first-order valence-electron chi connectivity index (χ1n) is 10.1. The van der Waals surface area contributed by atoms with Crippen molar-refractivity contribution < 1.29 is 18.0 Å². The molecule has 9 heteroatoms. The Hall–Kier alpha value is -3.74. The molecule has 0 saturated heterocycles. The van der Waals surface area contributed by atoms with Crippen molar-refractivity contribution in [1.29, 1.82) is 5.26 Å². The van der Waals surface area contributed by atoms with E-state index in [1.165, 1.54) is 36.5 Å². The summed E-state index contributed by atoms with van der Waals surface area (Å²) < 4.78 is 27.3. The zero-order chi connectivity index (χ0) is 23.6. The third-order valence-corrected chi connectivity index (χ3v) is 8.06. The van der Waals surface area contributed by atoms with Gasteiger partial charge in [0.05, 0.1) is 6.07 Å². The number of carbonyl (C=O) groups excluding carboxylic acids is 2. The predicted octanol–water partition coefficient (Wildman–Crippen LogP) is 4.80. The van der Waals surface area contributed by atoms with Crippen molar-refractivity contribution in [2.24, 2.45) is 5.92 Å². The number of aromatic nitrogens is 1. The number of nitrogens with one attached hydrogen (secondary N) is 2. The molecule has 2 aromatic heterocycles. The fraction of sp³-hybridized carbons (Fsp3) is 0.125. The van der Waals surface area contributed by atoms with Crippen molar-refractivity contribution in [3.8, 4) is 6.07 Å². The molecule has 0 saturated carbocycles. The molecule has 0 amide bonds. The van der Waals surface area contributed by atoms with Crippen molar-refractivity contribution in [2.45, 2.75) is 17.6 Å². The van der Waals surface area contributed by atoms with Gasteiger partial charge in [-0.3, -0.25) is 14.3 Å². The highest BCUT2D eigenvalue weighted by Gasteiger charge is 2.30. The number of sulfonamides is 1. The summed E-state index contributed by atoms with van der Waals surface area (Å²) in [5.41, 5.74) is 2.55. The molecule has 166 valence electrons. The summed E-state index contributed by atoms with van der Waals surface area (Å²) >= 11 is 1.09. The minimum absolute atomic E-state index is 0.142. The smallest absolute Gasteiger partial charge is 0.271 e. The summed E-state index contributed by atoms with van der Waals surface area (Å²) in [6.45, 7) is 2.00. The maximum absolute atomic E-state index is 13.1. The number of aromatic amines is 1. The lowest BCUT2D eigenvalue weighted by Gasteiger charge is -2.09. The number of hydrogen-bond donors (Lipinski definition) is 2. The number of benzene rings is 2. The molecular weight excluding hydrogens is 458 g/mol. The van der Waals surface area contributed by atoms with Gasteiger partial charge in [0.15, 0.2) is 17.5 Å². The summed E-state index contributed by atoms with van der Waals surface area (Å²) in [4.78, 5) is 29.1. The molecule has 2 aromatic carbocycles. The van der Waals surface area contributed by atoms with Crippen LogP contribution in [0.5, 0.6) is 0 Å². The van der Waals surface area contributed by atoms with E-state index in [1.54, 1.807) is 17.5 Å².